The number of alkyl halides is 6. The van der Waals surface area contributed by atoms with E-state index in [0.717, 1.165) is 24.5 Å². The van der Waals surface area contributed by atoms with E-state index in [2.05, 4.69) is 4.98 Å². The molecule has 1 N–H and O–H groups in total. The fraction of sp³-hybridized carbons (Fsp3) is 0.375. The summed E-state index contributed by atoms with van der Waals surface area (Å²) in [5, 5.41) is 11.1. The van der Waals surface area contributed by atoms with Crippen LogP contribution in [0.25, 0.3) is 10.9 Å². The van der Waals surface area contributed by atoms with Crippen LogP contribution in [0.4, 0.5) is 26.3 Å². The summed E-state index contributed by atoms with van der Waals surface area (Å²) < 4.78 is 81.3. The quantitative estimate of drug-likeness (QED) is 0.453. The lowest BCUT2D eigenvalue weighted by molar-refractivity contribution is -0.142. The van der Waals surface area contributed by atoms with Gasteiger partial charge in [-0.15, -0.1) is 0 Å². The minimum atomic E-state index is -4.96. The summed E-state index contributed by atoms with van der Waals surface area (Å²) in [4.78, 5) is 5.30. The van der Waals surface area contributed by atoms with E-state index < -0.39 is 41.3 Å². The molecular formula is C24H22F6N2O. The molecule has 3 aromatic rings. The first-order valence-electron chi connectivity index (χ1n) is 10.6. The Labute approximate surface area is 186 Å². The second-order valence-electron chi connectivity index (χ2n) is 8.26. The maximum atomic E-state index is 13.6. The Kier molecular flexibility index (Phi) is 6.37. The number of nitrogens with zero attached hydrogens (tertiary/aromatic N) is 2. The third-order valence-electron chi connectivity index (χ3n) is 6.04. The van der Waals surface area contributed by atoms with Gasteiger partial charge in [0.05, 0.1) is 17.2 Å². The van der Waals surface area contributed by atoms with Gasteiger partial charge in [0.25, 0.3) is 0 Å². The van der Waals surface area contributed by atoms with E-state index in [1.165, 1.54) is 6.07 Å². The normalized spacial score (nSPS) is 19.1. The van der Waals surface area contributed by atoms with Crippen molar-refractivity contribution in [2.24, 2.45) is 0 Å². The van der Waals surface area contributed by atoms with Crippen molar-refractivity contribution in [1.29, 1.82) is 0 Å². The molecular weight excluding hydrogens is 446 g/mol. The van der Waals surface area contributed by atoms with Crippen LogP contribution in [0.15, 0.2) is 54.6 Å². The summed E-state index contributed by atoms with van der Waals surface area (Å²) in [6, 6.07) is 12.7. The number of rotatable bonds is 4. The molecule has 1 saturated heterocycles. The van der Waals surface area contributed by atoms with Crippen molar-refractivity contribution in [3.8, 4) is 0 Å². The van der Waals surface area contributed by atoms with Crippen molar-refractivity contribution in [1.82, 2.24) is 9.88 Å². The van der Waals surface area contributed by atoms with Crippen LogP contribution in [0, 0.1) is 0 Å². The number of fused-ring (bicyclic) bond motifs is 1. The number of hydrogen-bond donors (Lipinski definition) is 1. The number of benzene rings is 2. The highest BCUT2D eigenvalue weighted by atomic mass is 19.4. The standard InChI is InChI=1S/C24H22F6N2O/c25-23(26,27)18-10-6-9-16-17(13-20(24(28,29)30)31-21(16)18)22(33)19-11-4-5-12-32(19)14-15-7-2-1-3-8-15/h1-3,6-10,13,19,22,33H,4-5,11-12,14H2. The van der Waals surface area contributed by atoms with Gasteiger partial charge in [0, 0.05) is 18.0 Å². The SMILES string of the molecule is OC(c1cc(C(F)(F)F)nc2c(C(F)(F)F)cccc12)C1CCCCN1Cc1ccccc1. The molecule has 1 aromatic heterocycles. The highest BCUT2D eigenvalue weighted by molar-refractivity contribution is 5.86. The summed E-state index contributed by atoms with van der Waals surface area (Å²) in [5.41, 5.74) is -2.73. The average molecular weight is 468 g/mol. The Hall–Kier alpha value is -2.65. The highest BCUT2D eigenvalue weighted by Gasteiger charge is 2.39. The summed E-state index contributed by atoms with van der Waals surface area (Å²) in [5.74, 6) is 0. The molecule has 4 rings (SSSR count). The Bertz CT molecular complexity index is 1110. The topological polar surface area (TPSA) is 36.4 Å². The monoisotopic (exact) mass is 468 g/mol. The zero-order valence-corrected chi connectivity index (χ0v) is 17.5. The van der Waals surface area contributed by atoms with E-state index in [1.807, 2.05) is 35.2 Å². The highest BCUT2D eigenvalue weighted by Crippen LogP contribution is 2.41. The number of aliphatic hydroxyl groups is 1. The summed E-state index contributed by atoms with van der Waals surface area (Å²) in [6.45, 7) is 1.10. The first-order valence-corrected chi connectivity index (χ1v) is 10.6. The van der Waals surface area contributed by atoms with Crippen LogP contribution in [0.1, 0.15) is 47.8 Å². The van der Waals surface area contributed by atoms with Gasteiger partial charge in [0.15, 0.2) is 0 Å². The maximum absolute atomic E-state index is 13.6. The van der Waals surface area contributed by atoms with E-state index in [9.17, 15) is 31.4 Å². The molecule has 33 heavy (non-hydrogen) atoms. The number of piperidine rings is 1. The first kappa shape index (κ1) is 23.5. The minimum absolute atomic E-state index is 0.129. The molecule has 9 heteroatoms. The van der Waals surface area contributed by atoms with Gasteiger partial charge in [-0.25, -0.2) is 4.98 Å². The van der Waals surface area contributed by atoms with Gasteiger partial charge < -0.3 is 5.11 Å². The zero-order chi connectivity index (χ0) is 23.8. The predicted octanol–water partition coefficient (Wildman–Crippen LogP) is 6.36. The maximum Gasteiger partial charge on any atom is 0.433 e. The molecule has 2 aromatic carbocycles. The largest absolute Gasteiger partial charge is 0.433 e. The number of aromatic nitrogens is 1. The van der Waals surface area contributed by atoms with Gasteiger partial charge in [0.2, 0.25) is 0 Å². The van der Waals surface area contributed by atoms with E-state index in [0.29, 0.717) is 31.6 Å². The minimum Gasteiger partial charge on any atom is -0.387 e. The molecule has 2 atom stereocenters. The van der Waals surface area contributed by atoms with Gasteiger partial charge in [-0.1, -0.05) is 48.9 Å². The molecule has 0 bridgehead atoms. The van der Waals surface area contributed by atoms with Crippen LogP contribution < -0.4 is 0 Å². The predicted molar refractivity (Wildman–Crippen MR) is 111 cm³/mol. The molecule has 0 radical (unpaired) electrons. The summed E-state index contributed by atoms with van der Waals surface area (Å²) >= 11 is 0. The van der Waals surface area contributed by atoms with Gasteiger partial charge in [-0.05, 0) is 42.6 Å². The van der Waals surface area contributed by atoms with Crippen molar-refractivity contribution in [2.45, 2.75) is 50.3 Å². The molecule has 2 unspecified atom stereocenters. The van der Waals surface area contributed by atoms with Crippen LogP contribution in [0.2, 0.25) is 0 Å². The van der Waals surface area contributed by atoms with E-state index in [-0.39, 0.29) is 10.9 Å². The first-order chi connectivity index (χ1) is 15.6. The van der Waals surface area contributed by atoms with Crippen molar-refractivity contribution in [3.63, 3.8) is 0 Å². The number of hydrogen-bond acceptors (Lipinski definition) is 3. The van der Waals surface area contributed by atoms with Crippen LogP contribution in [0.3, 0.4) is 0 Å². The Morgan fingerprint density at radius 1 is 0.939 bits per heavy atom. The third-order valence-corrected chi connectivity index (χ3v) is 6.04. The van der Waals surface area contributed by atoms with Crippen LogP contribution >= 0.6 is 0 Å². The molecule has 3 nitrogen and oxygen atoms in total. The zero-order valence-electron chi connectivity index (χ0n) is 17.5. The van der Waals surface area contributed by atoms with Gasteiger partial charge in [0.1, 0.15) is 5.69 Å². The van der Waals surface area contributed by atoms with Crippen molar-refractivity contribution in [3.05, 3.63) is 77.0 Å². The Morgan fingerprint density at radius 3 is 2.33 bits per heavy atom. The molecule has 176 valence electrons. The van der Waals surface area contributed by atoms with E-state index in [4.69, 9.17) is 0 Å². The van der Waals surface area contributed by atoms with Crippen LogP contribution in [-0.4, -0.2) is 27.6 Å². The molecule has 1 aliphatic heterocycles. The lowest BCUT2D eigenvalue weighted by Crippen LogP contribution is -2.42. The van der Waals surface area contributed by atoms with Crippen molar-refractivity contribution >= 4 is 10.9 Å². The van der Waals surface area contributed by atoms with Crippen LogP contribution in [-0.2, 0) is 18.9 Å². The average Bonchev–Trinajstić information content (AvgIpc) is 2.77. The lowest BCUT2D eigenvalue weighted by Gasteiger charge is -2.39. The van der Waals surface area contributed by atoms with Gasteiger partial charge in [-0.2, -0.15) is 26.3 Å². The van der Waals surface area contributed by atoms with Gasteiger partial charge >= 0.3 is 12.4 Å². The van der Waals surface area contributed by atoms with Crippen molar-refractivity contribution in [2.75, 3.05) is 6.54 Å². The summed E-state index contributed by atoms with van der Waals surface area (Å²) in [6.07, 6.45) is -9.13. The Balaban J connectivity index is 1.81. The third kappa shape index (κ3) is 4.99. The molecule has 1 aliphatic rings. The molecule has 1 fully saturated rings. The lowest BCUT2D eigenvalue weighted by atomic mass is 9.90. The Morgan fingerprint density at radius 2 is 1.67 bits per heavy atom. The molecule has 2 heterocycles. The smallest absolute Gasteiger partial charge is 0.387 e. The van der Waals surface area contributed by atoms with E-state index >= 15 is 0 Å². The second kappa shape index (κ2) is 8.95. The molecule has 0 spiro atoms. The molecule has 0 saturated carbocycles. The number of likely N-dealkylation sites (tertiary alicyclic amines) is 1. The molecule has 0 amide bonds. The number of para-hydroxylation sites is 1. The number of halogens is 6. The molecule has 0 aliphatic carbocycles. The fourth-order valence-corrected chi connectivity index (χ4v) is 4.49. The van der Waals surface area contributed by atoms with Crippen molar-refractivity contribution < 1.29 is 31.4 Å². The number of aliphatic hydroxyl groups excluding tert-OH is 1. The van der Waals surface area contributed by atoms with E-state index in [1.54, 1.807) is 0 Å². The van der Waals surface area contributed by atoms with Crippen LogP contribution in [0.5, 0.6) is 0 Å². The second-order valence-corrected chi connectivity index (χ2v) is 8.26. The summed E-state index contributed by atoms with van der Waals surface area (Å²) in [7, 11) is 0. The number of pyridine rings is 1. The fourth-order valence-electron chi connectivity index (χ4n) is 4.49. The van der Waals surface area contributed by atoms with Gasteiger partial charge in [-0.3, -0.25) is 4.90 Å².